The second-order valence-electron chi connectivity index (χ2n) is 5.31. The Hall–Kier alpha value is -1.62. The Morgan fingerprint density at radius 3 is 2.60 bits per heavy atom. The maximum absolute atomic E-state index is 12.7. The van der Waals surface area contributed by atoms with E-state index < -0.39 is 0 Å². The maximum Gasteiger partial charge on any atom is 0.257 e. The largest absolute Gasteiger partial charge is 0.484 e. The maximum atomic E-state index is 12.7. The number of halogens is 1. The summed E-state index contributed by atoms with van der Waals surface area (Å²) in [5.74, 6) is -0.0122. The lowest BCUT2D eigenvalue weighted by Gasteiger charge is -2.41. The van der Waals surface area contributed by atoms with E-state index in [1.54, 1.807) is 7.11 Å². The van der Waals surface area contributed by atoms with Crippen molar-refractivity contribution in [2.75, 3.05) is 26.9 Å². The molecule has 0 bridgehead atoms. The zero-order valence-corrected chi connectivity index (χ0v) is 11.7. The SMILES string of the molecule is COCC1(CNC(=O)COc2ccc(F)cc2)CCC1. The number of rotatable bonds is 7. The highest BCUT2D eigenvalue weighted by molar-refractivity contribution is 5.77. The molecule has 20 heavy (non-hydrogen) atoms. The van der Waals surface area contributed by atoms with Crippen molar-refractivity contribution in [3.8, 4) is 5.75 Å². The van der Waals surface area contributed by atoms with Crippen LogP contribution in [0.25, 0.3) is 0 Å². The summed E-state index contributed by atoms with van der Waals surface area (Å²) in [5.41, 5.74) is 0.0975. The van der Waals surface area contributed by atoms with Gasteiger partial charge in [0.1, 0.15) is 11.6 Å². The van der Waals surface area contributed by atoms with E-state index in [9.17, 15) is 9.18 Å². The number of amides is 1. The molecule has 110 valence electrons. The number of carbonyl (C=O) groups is 1. The molecule has 1 fully saturated rings. The van der Waals surface area contributed by atoms with Crippen LogP contribution in [0, 0.1) is 11.2 Å². The molecule has 0 radical (unpaired) electrons. The Balaban J connectivity index is 1.71. The van der Waals surface area contributed by atoms with Gasteiger partial charge in [-0.2, -0.15) is 0 Å². The quantitative estimate of drug-likeness (QED) is 0.833. The van der Waals surface area contributed by atoms with Crippen LogP contribution in [-0.2, 0) is 9.53 Å². The van der Waals surface area contributed by atoms with Crippen LogP contribution < -0.4 is 10.1 Å². The van der Waals surface area contributed by atoms with Crippen LogP contribution in [-0.4, -0.2) is 32.8 Å². The molecular formula is C15H20FNO3. The average molecular weight is 281 g/mol. The van der Waals surface area contributed by atoms with Crippen molar-refractivity contribution in [1.82, 2.24) is 5.32 Å². The Labute approximate surface area is 118 Å². The van der Waals surface area contributed by atoms with Crippen LogP contribution in [0.1, 0.15) is 19.3 Å². The molecule has 1 amide bonds. The molecular weight excluding hydrogens is 261 g/mol. The molecule has 0 unspecified atom stereocenters. The summed E-state index contributed by atoms with van der Waals surface area (Å²) in [6.45, 7) is 1.23. The molecule has 2 rings (SSSR count). The summed E-state index contributed by atoms with van der Waals surface area (Å²) in [6, 6.07) is 5.60. The van der Waals surface area contributed by atoms with Crippen LogP contribution in [0.4, 0.5) is 4.39 Å². The van der Waals surface area contributed by atoms with Crippen molar-refractivity contribution in [2.45, 2.75) is 19.3 Å². The molecule has 1 saturated carbocycles. The number of nitrogens with one attached hydrogen (secondary N) is 1. The van der Waals surface area contributed by atoms with E-state index in [4.69, 9.17) is 9.47 Å². The molecule has 1 aromatic carbocycles. The van der Waals surface area contributed by atoms with Crippen molar-refractivity contribution >= 4 is 5.91 Å². The molecule has 0 atom stereocenters. The van der Waals surface area contributed by atoms with Gasteiger partial charge in [0, 0.05) is 19.1 Å². The van der Waals surface area contributed by atoms with Gasteiger partial charge in [-0.15, -0.1) is 0 Å². The highest BCUT2D eigenvalue weighted by atomic mass is 19.1. The first-order chi connectivity index (χ1) is 9.63. The highest BCUT2D eigenvalue weighted by Crippen LogP contribution is 2.40. The fraction of sp³-hybridized carbons (Fsp3) is 0.533. The van der Waals surface area contributed by atoms with Crippen molar-refractivity contribution < 1.29 is 18.7 Å². The van der Waals surface area contributed by atoms with Gasteiger partial charge in [0.05, 0.1) is 6.61 Å². The number of carbonyl (C=O) groups excluding carboxylic acids is 1. The van der Waals surface area contributed by atoms with Crippen molar-refractivity contribution in [2.24, 2.45) is 5.41 Å². The molecule has 1 aromatic rings. The first kappa shape index (κ1) is 14.8. The molecule has 0 aromatic heterocycles. The predicted molar refractivity (Wildman–Crippen MR) is 73.1 cm³/mol. The van der Waals surface area contributed by atoms with E-state index in [1.807, 2.05) is 0 Å². The Kier molecular flexibility index (Phi) is 4.95. The third-order valence-electron chi connectivity index (χ3n) is 3.71. The van der Waals surface area contributed by atoms with E-state index in [2.05, 4.69) is 5.32 Å². The summed E-state index contributed by atoms with van der Waals surface area (Å²) in [7, 11) is 1.68. The average Bonchev–Trinajstić information content (AvgIpc) is 2.41. The molecule has 1 aliphatic carbocycles. The van der Waals surface area contributed by atoms with Gasteiger partial charge in [-0.25, -0.2) is 4.39 Å². The summed E-state index contributed by atoms with van der Waals surface area (Å²) in [6.07, 6.45) is 3.35. The predicted octanol–water partition coefficient (Wildman–Crippen LogP) is 2.14. The minimum atomic E-state index is -0.326. The monoisotopic (exact) mass is 281 g/mol. The summed E-state index contributed by atoms with van der Waals surface area (Å²) >= 11 is 0. The summed E-state index contributed by atoms with van der Waals surface area (Å²) < 4.78 is 23.2. The standard InChI is InChI=1S/C15H20FNO3/c1-19-11-15(7-2-8-15)10-17-14(18)9-20-13-5-3-12(16)4-6-13/h3-6H,2,7-11H2,1H3,(H,17,18). The van der Waals surface area contributed by atoms with Crippen LogP contribution in [0.15, 0.2) is 24.3 Å². The number of benzene rings is 1. The van der Waals surface area contributed by atoms with Gasteiger partial charge in [-0.05, 0) is 37.1 Å². The first-order valence-electron chi connectivity index (χ1n) is 6.78. The minimum Gasteiger partial charge on any atom is -0.484 e. The molecule has 0 heterocycles. The van der Waals surface area contributed by atoms with Gasteiger partial charge in [0.15, 0.2) is 6.61 Å². The summed E-state index contributed by atoms with van der Waals surface area (Å²) in [4.78, 5) is 11.7. The van der Waals surface area contributed by atoms with Crippen molar-refractivity contribution in [3.63, 3.8) is 0 Å². The zero-order chi connectivity index (χ0) is 14.4. The van der Waals surface area contributed by atoms with Crippen LogP contribution >= 0.6 is 0 Å². The van der Waals surface area contributed by atoms with Gasteiger partial charge >= 0.3 is 0 Å². The fourth-order valence-corrected chi connectivity index (χ4v) is 2.37. The van der Waals surface area contributed by atoms with Crippen LogP contribution in [0.5, 0.6) is 5.75 Å². The topological polar surface area (TPSA) is 47.6 Å². The van der Waals surface area contributed by atoms with Crippen LogP contribution in [0.3, 0.4) is 0 Å². The number of hydrogen-bond acceptors (Lipinski definition) is 3. The van der Waals surface area contributed by atoms with Gasteiger partial charge in [0.25, 0.3) is 5.91 Å². The van der Waals surface area contributed by atoms with Crippen molar-refractivity contribution in [1.29, 1.82) is 0 Å². The Morgan fingerprint density at radius 1 is 1.35 bits per heavy atom. The minimum absolute atomic E-state index is 0.0608. The lowest BCUT2D eigenvalue weighted by atomic mass is 9.69. The number of ether oxygens (including phenoxy) is 2. The van der Waals surface area contributed by atoms with Gasteiger partial charge in [-0.1, -0.05) is 6.42 Å². The van der Waals surface area contributed by atoms with E-state index in [-0.39, 0.29) is 23.7 Å². The second kappa shape index (κ2) is 6.70. The lowest BCUT2D eigenvalue weighted by molar-refractivity contribution is -0.124. The third-order valence-corrected chi connectivity index (χ3v) is 3.71. The van der Waals surface area contributed by atoms with E-state index in [0.29, 0.717) is 18.9 Å². The normalized spacial score (nSPS) is 16.3. The lowest BCUT2D eigenvalue weighted by Crippen LogP contribution is -2.46. The van der Waals surface area contributed by atoms with Crippen molar-refractivity contribution in [3.05, 3.63) is 30.1 Å². The zero-order valence-electron chi connectivity index (χ0n) is 11.7. The molecule has 4 nitrogen and oxygen atoms in total. The smallest absolute Gasteiger partial charge is 0.257 e. The number of methoxy groups -OCH3 is 1. The van der Waals surface area contributed by atoms with E-state index in [1.165, 1.54) is 30.7 Å². The molecule has 5 heteroatoms. The number of hydrogen-bond donors (Lipinski definition) is 1. The summed E-state index contributed by atoms with van der Waals surface area (Å²) in [5, 5.41) is 2.87. The first-order valence-corrected chi connectivity index (χ1v) is 6.78. The van der Waals surface area contributed by atoms with Gasteiger partial charge in [0.2, 0.25) is 0 Å². The molecule has 0 saturated heterocycles. The highest BCUT2D eigenvalue weighted by Gasteiger charge is 2.37. The van der Waals surface area contributed by atoms with Gasteiger partial charge < -0.3 is 14.8 Å². The molecule has 0 spiro atoms. The Bertz CT molecular complexity index is 443. The van der Waals surface area contributed by atoms with E-state index in [0.717, 1.165) is 12.8 Å². The molecule has 1 aliphatic rings. The van der Waals surface area contributed by atoms with Gasteiger partial charge in [-0.3, -0.25) is 4.79 Å². The Morgan fingerprint density at radius 2 is 2.05 bits per heavy atom. The second-order valence-corrected chi connectivity index (χ2v) is 5.31. The molecule has 0 aliphatic heterocycles. The van der Waals surface area contributed by atoms with E-state index >= 15 is 0 Å². The molecule has 1 N–H and O–H groups in total. The fourth-order valence-electron chi connectivity index (χ4n) is 2.37. The third kappa shape index (κ3) is 3.93. The van der Waals surface area contributed by atoms with Crippen LogP contribution in [0.2, 0.25) is 0 Å².